The van der Waals surface area contributed by atoms with Crippen molar-refractivity contribution in [1.29, 1.82) is 0 Å². The molecule has 1 aromatic rings. The molecule has 6 unspecified atom stereocenters. The van der Waals surface area contributed by atoms with Crippen LogP contribution in [0.15, 0.2) is 30.3 Å². The number of fused-ring (bicyclic) bond motifs is 1. The van der Waals surface area contributed by atoms with E-state index in [9.17, 15) is 14.4 Å². The van der Waals surface area contributed by atoms with E-state index >= 15 is 0 Å². The number of nitrogens with two attached hydrogens (primary N) is 1. The first-order valence-electron chi connectivity index (χ1n) is 15.2. The number of hydrogen-bond donors (Lipinski definition) is 3. The van der Waals surface area contributed by atoms with Crippen molar-refractivity contribution in [2.75, 3.05) is 13.1 Å². The van der Waals surface area contributed by atoms with Crippen molar-refractivity contribution in [2.24, 2.45) is 29.4 Å². The van der Waals surface area contributed by atoms with Crippen LogP contribution in [0.2, 0.25) is 0 Å². The normalized spacial score (nSPS) is 24.2. The Morgan fingerprint density at radius 3 is 2.28 bits per heavy atom. The van der Waals surface area contributed by atoms with Gasteiger partial charge in [0.15, 0.2) is 0 Å². The molecule has 1 heterocycles. The third-order valence-electron chi connectivity index (χ3n) is 8.80. The summed E-state index contributed by atoms with van der Waals surface area (Å²) in [4.78, 5) is 41.0. The highest BCUT2D eigenvalue weighted by molar-refractivity contribution is 5.85. The van der Waals surface area contributed by atoms with Crippen LogP contribution in [0.5, 0.6) is 0 Å². The summed E-state index contributed by atoms with van der Waals surface area (Å²) in [5, 5.41) is 6.58. The lowest BCUT2D eigenvalue weighted by atomic mass is 9.72. The van der Waals surface area contributed by atoms with Gasteiger partial charge in [-0.3, -0.25) is 19.3 Å². The van der Waals surface area contributed by atoms with Crippen LogP contribution in [0, 0.1) is 23.7 Å². The second-order valence-electron chi connectivity index (χ2n) is 13.0. The molecule has 1 aliphatic heterocycles. The highest BCUT2D eigenvalue weighted by Gasteiger charge is 2.41. The highest BCUT2D eigenvalue weighted by atomic mass is 16.2. The van der Waals surface area contributed by atoms with Gasteiger partial charge < -0.3 is 16.4 Å². The minimum absolute atomic E-state index is 0.0570. The van der Waals surface area contributed by atoms with E-state index in [2.05, 4.69) is 34.6 Å². The molecule has 2 fully saturated rings. The van der Waals surface area contributed by atoms with Crippen LogP contribution in [0.4, 0.5) is 0 Å². The fraction of sp³-hybridized carbons (Fsp3) is 0.719. The third kappa shape index (κ3) is 9.33. The van der Waals surface area contributed by atoms with Crippen LogP contribution in [0.1, 0.15) is 91.5 Å². The minimum atomic E-state index is -0.452. The first-order valence-corrected chi connectivity index (χ1v) is 15.2. The second-order valence-corrected chi connectivity index (χ2v) is 13.0. The van der Waals surface area contributed by atoms with Gasteiger partial charge in [-0.05, 0) is 69.8 Å². The van der Waals surface area contributed by atoms with Crippen molar-refractivity contribution >= 4 is 17.7 Å². The highest BCUT2D eigenvalue weighted by Crippen LogP contribution is 2.39. The van der Waals surface area contributed by atoms with E-state index in [0.29, 0.717) is 24.7 Å². The van der Waals surface area contributed by atoms with Crippen molar-refractivity contribution in [3.05, 3.63) is 35.9 Å². The van der Waals surface area contributed by atoms with Crippen molar-refractivity contribution in [1.82, 2.24) is 15.5 Å². The number of hydrogen-bond acceptors (Lipinski definition) is 4. The molecule has 2 aliphatic rings. The van der Waals surface area contributed by atoms with Gasteiger partial charge in [-0.15, -0.1) is 0 Å². The molecule has 1 saturated carbocycles. The number of piperidine rings is 1. The Hall–Kier alpha value is -2.41. The van der Waals surface area contributed by atoms with Crippen molar-refractivity contribution in [3.8, 4) is 0 Å². The van der Waals surface area contributed by atoms with Gasteiger partial charge in [0.1, 0.15) is 0 Å². The summed E-state index contributed by atoms with van der Waals surface area (Å²) in [5.74, 6) is 0.543. The van der Waals surface area contributed by atoms with Crippen molar-refractivity contribution in [2.45, 2.75) is 110 Å². The number of primary amides is 1. The number of rotatable bonds is 12. The number of benzene rings is 1. The Morgan fingerprint density at radius 1 is 1.03 bits per heavy atom. The monoisotopic (exact) mass is 540 g/mol. The van der Waals surface area contributed by atoms with E-state index in [1.807, 2.05) is 45.9 Å². The standard InChI is InChI=1S/C32H52N4O3/c1-6-23(19-29(33)37)30(38)34-27(17-22-13-9-8-10-14-22)24(7-2)20-36-21-26-16-12-11-15-25(26)18-28(36)31(39)35-32(3,4)5/h8-10,13-14,23-28H,6-7,11-12,15-21H2,1-5H3,(H2,33,37)(H,34,38)(H,35,39). The molecule has 3 amide bonds. The van der Waals surface area contributed by atoms with Gasteiger partial charge in [0.25, 0.3) is 0 Å². The molecule has 218 valence electrons. The topological polar surface area (TPSA) is 105 Å². The Balaban J connectivity index is 1.85. The quantitative estimate of drug-likeness (QED) is 0.365. The Labute approximate surface area is 236 Å². The molecule has 1 aliphatic carbocycles. The Bertz CT molecular complexity index is 944. The van der Waals surface area contributed by atoms with Crippen molar-refractivity contribution in [3.63, 3.8) is 0 Å². The van der Waals surface area contributed by atoms with Crippen LogP contribution in [-0.4, -0.2) is 53.3 Å². The molecular weight excluding hydrogens is 488 g/mol. The number of carbonyl (C=O) groups is 3. The van der Waals surface area contributed by atoms with Gasteiger partial charge in [0.05, 0.1) is 6.04 Å². The summed E-state index contributed by atoms with van der Waals surface area (Å²) in [6.07, 6.45) is 8.11. The summed E-state index contributed by atoms with van der Waals surface area (Å²) in [6, 6.07) is 9.99. The SMILES string of the molecule is CCC(CC(N)=O)C(=O)NC(Cc1ccccc1)C(CC)CN1CC2CCCCC2CC1C(=O)NC(C)(C)C. The van der Waals surface area contributed by atoms with Gasteiger partial charge in [-0.1, -0.05) is 69.9 Å². The molecule has 0 bridgehead atoms. The Kier molecular flexibility index (Phi) is 11.4. The lowest BCUT2D eigenvalue weighted by molar-refractivity contribution is -0.133. The van der Waals surface area contributed by atoms with Crippen LogP contribution in [0.3, 0.4) is 0 Å². The summed E-state index contributed by atoms with van der Waals surface area (Å²) < 4.78 is 0. The molecule has 1 saturated heterocycles. The average molecular weight is 541 g/mol. The number of nitrogens with zero attached hydrogens (tertiary/aromatic N) is 1. The number of likely N-dealkylation sites (tertiary alicyclic amines) is 1. The maximum atomic E-state index is 13.6. The lowest BCUT2D eigenvalue weighted by Gasteiger charge is -2.47. The second kappa shape index (κ2) is 14.3. The molecular formula is C32H52N4O3. The fourth-order valence-corrected chi connectivity index (χ4v) is 6.64. The summed E-state index contributed by atoms with van der Waals surface area (Å²) in [6.45, 7) is 11.9. The molecule has 7 heteroatoms. The van der Waals surface area contributed by atoms with Gasteiger partial charge in [-0.25, -0.2) is 0 Å². The van der Waals surface area contributed by atoms with E-state index in [1.54, 1.807) is 0 Å². The average Bonchev–Trinajstić information content (AvgIpc) is 2.88. The zero-order valence-electron chi connectivity index (χ0n) is 24.9. The number of nitrogens with one attached hydrogen (secondary N) is 2. The van der Waals surface area contributed by atoms with Crippen LogP contribution >= 0.6 is 0 Å². The van der Waals surface area contributed by atoms with E-state index in [1.165, 1.54) is 25.7 Å². The summed E-state index contributed by atoms with van der Waals surface area (Å²) in [5.41, 5.74) is 6.33. The van der Waals surface area contributed by atoms with Gasteiger partial charge >= 0.3 is 0 Å². The molecule has 7 nitrogen and oxygen atoms in total. The first-order chi connectivity index (χ1) is 18.5. The van der Waals surface area contributed by atoms with Crippen LogP contribution in [-0.2, 0) is 20.8 Å². The third-order valence-corrected chi connectivity index (χ3v) is 8.80. The smallest absolute Gasteiger partial charge is 0.237 e. The number of carbonyl (C=O) groups excluding carboxylic acids is 3. The minimum Gasteiger partial charge on any atom is -0.370 e. The zero-order valence-corrected chi connectivity index (χ0v) is 24.9. The van der Waals surface area contributed by atoms with Gasteiger partial charge in [0, 0.05) is 37.0 Å². The predicted molar refractivity (Wildman–Crippen MR) is 157 cm³/mol. The van der Waals surface area contributed by atoms with E-state index in [4.69, 9.17) is 5.73 Å². The molecule has 6 atom stereocenters. The van der Waals surface area contributed by atoms with E-state index in [-0.39, 0.29) is 41.8 Å². The largest absolute Gasteiger partial charge is 0.370 e. The summed E-state index contributed by atoms with van der Waals surface area (Å²) >= 11 is 0. The van der Waals surface area contributed by atoms with Crippen molar-refractivity contribution < 1.29 is 14.4 Å². The zero-order chi connectivity index (χ0) is 28.6. The summed E-state index contributed by atoms with van der Waals surface area (Å²) in [7, 11) is 0. The lowest BCUT2D eigenvalue weighted by Crippen LogP contribution is -2.59. The predicted octanol–water partition coefficient (Wildman–Crippen LogP) is 4.44. The molecule has 4 N–H and O–H groups in total. The first kappa shape index (κ1) is 31.1. The van der Waals surface area contributed by atoms with E-state index in [0.717, 1.165) is 31.5 Å². The molecule has 0 spiro atoms. The molecule has 1 aromatic carbocycles. The van der Waals surface area contributed by atoms with Crippen LogP contribution in [0.25, 0.3) is 0 Å². The van der Waals surface area contributed by atoms with Crippen LogP contribution < -0.4 is 16.4 Å². The van der Waals surface area contributed by atoms with Gasteiger partial charge in [0.2, 0.25) is 17.7 Å². The van der Waals surface area contributed by atoms with E-state index < -0.39 is 11.8 Å². The van der Waals surface area contributed by atoms with Gasteiger partial charge in [-0.2, -0.15) is 0 Å². The fourth-order valence-electron chi connectivity index (χ4n) is 6.64. The molecule has 0 aromatic heterocycles. The molecule has 3 rings (SSSR count). The number of amides is 3. The molecule has 39 heavy (non-hydrogen) atoms. The maximum absolute atomic E-state index is 13.6. The maximum Gasteiger partial charge on any atom is 0.237 e. The Morgan fingerprint density at radius 2 is 1.69 bits per heavy atom. The molecule has 0 radical (unpaired) electrons.